The summed E-state index contributed by atoms with van der Waals surface area (Å²) >= 11 is 0. The number of nitrogens with two attached hydrogens (primary N) is 1. The first-order chi connectivity index (χ1) is 15.9. The van der Waals surface area contributed by atoms with Crippen LogP contribution in [0, 0.1) is 11.3 Å². The molecule has 180 valence electrons. The number of carbonyl (C=O) groups excluding carboxylic acids is 1. The number of primary amides is 1. The fourth-order valence-electron chi connectivity index (χ4n) is 3.67. The summed E-state index contributed by atoms with van der Waals surface area (Å²) in [5.74, 6) is 0.183. The molecule has 0 saturated heterocycles. The molecule has 2 unspecified atom stereocenters. The van der Waals surface area contributed by atoms with E-state index in [0.717, 1.165) is 16.5 Å². The fraction of sp³-hybridized carbons (Fsp3) is 0.423. The van der Waals surface area contributed by atoms with Gasteiger partial charge in [0.05, 0.1) is 36.7 Å². The molecule has 0 saturated carbocycles. The number of imidazole rings is 1. The van der Waals surface area contributed by atoms with E-state index in [4.69, 9.17) is 20.2 Å². The summed E-state index contributed by atoms with van der Waals surface area (Å²) in [5, 5.41) is 11.3. The Bertz CT molecular complexity index is 1210. The van der Waals surface area contributed by atoms with Gasteiger partial charge in [-0.3, -0.25) is 4.79 Å². The van der Waals surface area contributed by atoms with E-state index < -0.39 is 14.2 Å². The number of carbonyl (C=O) groups is 1. The summed E-state index contributed by atoms with van der Waals surface area (Å²) in [5.41, 5.74) is 6.27. The number of hydrogen-bond donors (Lipinski definition) is 1. The molecule has 0 spiro atoms. The van der Waals surface area contributed by atoms with Gasteiger partial charge in [-0.2, -0.15) is 5.26 Å². The van der Waals surface area contributed by atoms with Crippen LogP contribution >= 0.6 is 0 Å². The average molecular weight is 479 g/mol. The van der Waals surface area contributed by atoms with E-state index in [-0.39, 0.29) is 22.9 Å². The van der Waals surface area contributed by atoms with Gasteiger partial charge in [-0.1, -0.05) is 32.9 Å². The predicted molar refractivity (Wildman–Crippen MR) is 136 cm³/mol. The third kappa shape index (κ3) is 5.85. The van der Waals surface area contributed by atoms with Crippen LogP contribution < -0.4 is 10.5 Å². The monoisotopic (exact) mass is 478 g/mol. The molecule has 0 aliphatic rings. The first kappa shape index (κ1) is 25.5. The molecule has 0 bridgehead atoms. The second kappa shape index (κ2) is 10.00. The third-order valence-corrected chi connectivity index (χ3v) is 11.3. The minimum atomic E-state index is -2.01. The van der Waals surface area contributed by atoms with Crippen molar-refractivity contribution < 1.29 is 14.0 Å². The number of hydrogen-bond acceptors (Lipinski definition) is 5. The summed E-state index contributed by atoms with van der Waals surface area (Å²) < 4.78 is 14.7. The lowest BCUT2D eigenvalue weighted by atomic mass is 10.1. The lowest BCUT2D eigenvalue weighted by Crippen LogP contribution is -2.45. The van der Waals surface area contributed by atoms with Crippen molar-refractivity contribution in [3.8, 4) is 11.8 Å². The van der Waals surface area contributed by atoms with Crippen LogP contribution in [0.2, 0.25) is 18.1 Å². The van der Waals surface area contributed by atoms with Crippen LogP contribution in [-0.4, -0.2) is 36.5 Å². The van der Waals surface area contributed by atoms with Crippen LogP contribution in [0.25, 0.3) is 10.8 Å². The van der Waals surface area contributed by atoms with Crippen molar-refractivity contribution in [2.45, 2.75) is 64.4 Å². The molecule has 2 N–H and O–H groups in total. The van der Waals surface area contributed by atoms with E-state index in [0.29, 0.717) is 18.6 Å². The van der Waals surface area contributed by atoms with Gasteiger partial charge in [-0.25, -0.2) is 4.98 Å². The normalized spacial score (nSPS) is 13.9. The highest BCUT2D eigenvalue weighted by atomic mass is 28.4. The standard InChI is InChI=1S/C26H34N4O3Si/c1-18(33-34(5,6)26(2,3)4)24(30-16-23(25(28)31)29-17-30)11-12-32-22-10-9-20-8-7-19(15-27)13-21(20)14-22/h7-10,13-14,16-18,24H,11-12H2,1-6H3,(H2,28,31). The zero-order valence-corrected chi connectivity index (χ0v) is 21.8. The van der Waals surface area contributed by atoms with Gasteiger partial charge in [0.1, 0.15) is 11.4 Å². The van der Waals surface area contributed by atoms with Crippen molar-refractivity contribution >= 4 is 25.0 Å². The smallest absolute Gasteiger partial charge is 0.268 e. The Balaban J connectivity index is 1.77. The van der Waals surface area contributed by atoms with Crippen molar-refractivity contribution in [2.24, 2.45) is 5.73 Å². The van der Waals surface area contributed by atoms with E-state index in [2.05, 4.69) is 51.8 Å². The Kier molecular flexibility index (Phi) is 7.49. The highest BCUT2D eigenvalue weighted by Gasteiger charge is 2.40. The van der Waals surface area contributed by atoms with E-state index >= 15 is 0 Å². The number of ether oxygens (including phenoxy) is 1. The van der Waals surface area contributed by atoms with E-state index in [9.17, 15) is 4.79 Å². The summed E-state index contributed by atoms with van der Waals surface area (Å²) in [6, 6.07) is 13.6. The van der Waals surface area contributed by atoms with Crippen molar-refractivity contribution in [1.29, 1.82) is 5.26 Å². The number of fused-ring (bicyclic) bond motifs is 1. The minimum Gasteiger partial charge on any atom is -0.493 e. The Labute approximate surface area is 202 Å². The molecule has 2 aromatic carbocycles. The highest BCUT2D eigenvalue weighted by Crippen LogP contribution is 2.39. The van der Waals surface area contributed by atoms with Crippen molar-refractivity contribution in [3.05, 3.63) is 60.2 Å². The van der Waals surface area contributed by atoms with Crippen LogP contribution in [0.1, 0.15) is 56.2 Å². The van der Waals surface area contributed by atoms with Crippen LogP contribution in [-0.2, 0) is 4.43 Å². The zero-order chi connectivity index (χ0) is 25.1. The molecule has 3 rings (SSSR count). The zero-order valence-electron chi connectivity index (χ0n) is 20.8. The van der Waals surface area contributed by atoms with Crippen LogP contribution in [0.15, 0.2) is 48.9 Å². The second-order valence-electron chi connectivity index (χ2n) is 10.2. The largest absolute Gasteiger partial charge is 0.493 e. The van der Waals surface area contributed by atoms with Crippen LogP contribution in [0.3, 0.4) is 0 Å². The Morgan fingerprint density at radius 2 is 1.91 bits per heavy atom. The summed E-state index contributed by atoms with van der Waals surface area (Å²) in [6.07, 6.45) is 3.85. The molecule has 7 nitrogen and oxygen atoms in total. The maximum absolute atomic E-state index is 11.6. The quantitative estimate of drug-likeness (QED) is 0.413. The Hall–Kier alpha value is -3.15. The molecule has 0 fully saturated rings. The Morgan fingerprint density at radius 3 is 2.53 bits per heavy atom. The summed E-state index contributed by atoms with van der Waals surface area (Å²) in [7, 11) is -2.01. The lowest BCUT2D eigenvalue weighted by Gasteiger charge is -2.40. The average Bonchev–Trinajstić information content (AvgIpc) is 3.25. The molecule has 2 atom stereocenters. The van der Waals surface area contributed by atoms with Crippen LogP contribution in [0.4, 0.5) is 0 Å². The van der Waals surface area contributed by atoms with Gasteiger partial charge in [0.15, 0.2) is 8.32 Å². The topological polar surface area (TPSA) is 103 Å². The number of benzene rings is 2. The van der Waals surface area contributed by atoms with Gasteiger partial charge in [-0.05, 0) is 60.1 Å². The number of aromatic nitrogens is 2. The maximum atomic E-state index is 11.6. The van der Waals surface area contributed by atoms with E-state index in [1.54, 1.807) is 12.5 Å². The third-order valence-electron chi connectivity index (χ3n) is 6.69. The van der Waals surface area contributed by atoms with Gasteiger partial charge in [0.25, 0.3) is 5.91 Å². The molecule has 0 aliphatic carbocycles. The van der Waals surface area contributed by atoms with Gasteiger partial charge in [-0.15, -0.1) is 0 Å². The lowest BCUT2D eigenvalue weighted by molar-refractivity contribution is 0.0994. The first-order valence-electron chi connectivity index (χ1n) is 11.5. The molecule has 1 aromatic heterocycles. The fourth-order valence-corrected chi connectivity index (χ4v) is 5.11. The van der Waals surface area contributed by atoms with Crippen molar-refractivity contribution in [3.63, 3.8) is 0 Å². The molecule has 34 heavy (non-hydrogen) atoms. The molecule has 8 heteroatoms. The summed E-state index contributed by atoms with van der Waals surface area (Å²) in [4.78, 5) is 15.8. The first-order valence-corrected chi connectivity index (χ1v) is 14.4. The molecule has 1 amide bonds. The van der Waals surface area contributed by atoms with Crippen molar-refractivity contribution in [2.75, 3.05) is 6.61 Å². The van der Waals surface area contributed by atoms with Gasteiger partial charge < -0.3 is 19.5 Å². The minimum absolute atomic E-state index is 0.0724. The SMILES string of the molecule is CC(O[Si](C)(C)C(C)(C)C)C(CCOc1ccc2ccc(C#N)cc2c1)n1cnc(C(N)=O)c1. The number of amides is 1. The maximum Gasteiger partial charge on any atom is 0.268 e. The van der Waals surface area contributed by atoms with Crippen LogP contribution in [0.5, 0.6) is 5.75 Å². The number of rotatable bonds is 9. The second-order valence-corrected chi connectivity index (χ2v) is 15.0. The summed E-state index contributed by atoms with van der Waals surface area (Å²) in [6.45, 7) is 13.6. The van der Waals surface area contributed by atoms with Gasteiger partial charge >= 0.3 is 0 Å². The van der Waals surface area contributed by atoms with Crippen molar-refractivity contribution in [1.82, 2.24) is 9.55 Å². The molecule has 3 aromatic rings. The molecule has 0 radical (unpaired) electrons. The molecular formula is C26H34N4O3Si. The highest BCUT2D eigenvalue weighted by molar-refractivity contribution is 6.74. The van der Waals surface area contributed by atoms with E-state index in [1.165, 1.54) is 0 Å². The molecular weight excluding hydrogens is 444 g/mol. The predicted octanol–water partition coefficient (Wildman–Crippen LogP) is 5.43. The van der Waals surface area contributed by atoms with Gasteiger partial charge in [0, 0.05) is 12.6 Å². The molecule has 0 aliphatic heterocycles. The van der Waals surface area contributed by atoms with Gasteiger partial charge in [0.2, 0.25) is 0 Å². The van der Waals surface area contributed by atoms with E-state index in [1.807, 2.05) is 41.0 Å². The Morgan fingerprint density at radius 1 is 1.21 bits per heavy atom. The number of nitrogens with zero attached hydrogens (tertiary/aromatic N) is 3. The molecule has 1 heterocycles. The number of nitriles is 1.